The highest BCUT2D eigenvalue weighted by atomic mass is 15.1. The number of para-hydroxylation sites is 1. The molecule has 3 rings (SSSR count). The maximum Gasteiger partial charge on any atom is 0.101 e. The van der Waals surface area contributed by atoms with Crippen LogP contribution in [0.2, 0.25) is 0 Å². The van der Waals surface area contributed by atoms with E-state index in [1.165, 1.54) is 0 Å². The van der Waals surface area contributed by atoms with E-state index in [1.54, 1.807) is 6.34 Å². The molecule has 0 radical (unpaired) electrons. The normalized spacial score (nSPS) is 10.9. The average Bonchev–Trinajstić information content (AvgIpc) is 2.66. The molecule has 2 N–H and O–H groups in total. The number of aromatic nitrogens is 1. The van der Waals surface area contributed by atoms with Crippen molar-refractivity contribution in [2.45, 2.75) is 13.3 Å². The van der Waals surface area contributed by atoms with Gasteiger partial charge in [0, 0.05) is 17.5 Å². The minimum Gasteiger partial charge on any atom is -0.342 e. The van der Waals surface area contributed by atoms with E-state index in [1.807, 2.05) is 42.5 Å². The Hall–Kier alpha value is -3.14. The second kappa shape index (κ2) is 8.11. The summed E-state index contributed by atoms with van der Waals surface area (Å²) in [5.74, 6) is 0.676. The number of rotatable bonds is 7. The summed E-state index contributed by atoms with van der Waals surface area (Å²) in [6.07, 6.45) is 2.70. The van der Waals surface area contributed by atoms with Gasteiger partial charge in [-0.3, -0.25) is 4.99 Å². The molecule has 126 valence electrons. The van der Waals surface area contributed by atoms with Crippen molar-refractivity contribution in [3.8, 4) is 11.3 Å². The molecule has 3 aromatic rings. The standard InChI is InChI=1S/C21H22N4/c1-3-13-22-15-23-16(2)24-21-14-20(17-9-5-4-6-10-17)25-19-12-8-7-11-18(19)21/h4-12,14-15H,2-3,13H2,1H3,(H,22,23)(H,24,25). The zero-order valence-electron chi connectivity index (χ0n) is 14.4. The molecule has 0 aliphatic carbocycles. The Morgan fingerprint density at radius 1 is 1.12 bits per heavy atom. The SMILES string of the molecule is C=C(NC=NCCC)Nc1cc(-c2ccccc2)nc2ccccc12. The molecular formula is C21H22N4. The van der Waals surface area contributed by atoms with E-state index >= 15 is 0 Å². The van der Waals surface area contributed by atoms with E-state index in [0.29, 0.717) is 5.82 Å². The van der Waals surface area contributed by atoms with E-state index in [2.05, 4.69) is 47.3 Å². The molecule has 2 aromatic carbocycles. The zero-order chi connectivity index (χ0) is 17.5. The number of fused-ring (bicyclic) bond motifs is 1. The van der Waals surface area contributed by atoms with Crippen molar-refractivity contribution in [3.63, 3.8) is 0 Å². The number of hydrogen-bond donors (Lipinski definition) is 2. The Balaban J connectivity index is 1.92. The first-order chi connectivity index (χ1) is 12.3. The Kier molecular flexibility index (Phi) is 5.42. The summed E-state index contributed by atoms with van der Waals surface area (Å²) < 4.78 is 0. The number of hydrogen-bond acceptors (Lipinski definition) is 3. The average molecular weight is 330 g/mol. The molecule has 0 saturated heterocycles. The lowest BCUT2D eigenvalue weighted by Crippen LogP contribution is -2.17. The molecule has 4 heteroatoms. The van der Waals surface area contributed by atoms with Gasteiger partial charge in [-0.05, 0) is 18.6 Å². The molecular weight excluding hydrogens is 308 g/mol. The molecule has 0 unspecified atom stereocenters. The third-order valence-electron chi connectivity index (χ3n) is 3.75. The van der Waals surface area contributed by atoms with Gasteiger partial charge in [-0.15, -0.1) is 0 Å². The van der Waals surface area contributed by atoms with Crippen molar-refractivity contribution in [1.29, 1.82) is 0 Å². The second-order valence-corrected chi connectivity index (χ2v) is 5.72. The lowest BCUT2D eigenvalue weighted by molar-refractivity contribution is 0.928. The van der Waals surface area contributed by atoms with E-state index in [4.69, 9.17) is 4.98 Å². The first-order valence-electron chi connectivity index (χ1n) is 8.44. The van der Waals surface area contributed by atoms with Crippen LogP contribution >= 0.6 is 0 Å². The second-order valence-electron chi connectivity index (χ2n) is 5.72. The fraction of sp³-hybridized carbons (Fsp3) is 0.143. The summed E-state index contributed by atoms with van der Waals surface area (Å²) in [5, 5.41) is 7.46. The predicted octanol–water partition coefficient (Wildman–Crippen LogP) is 4.81. The molecule has 0 fully saturated rings. The van der Waals surface area contributed by atoms with Crippen molar-refractivity contribution in [3.05, 3.63) is 73.1 Å². The largest absolute Gasteiger partial charge is 0.342 e. The van der Waals surface area contributed by atoms with Crippen LogP contribution < -0.4 is 10.6 Å². The highest BCUT2D eigenvalue weighted by Crippen LogP contribution is 2.28. The quantitative estimate of drug-likeness (QED) is 0.483. The predicted molar refractivity (Wildman–Crippen MR) is 107 cm³/mol. The van der Waals surface area contributed by atoms with Gasteiger partial charge in [-0.25, -0.2) is 4.98 Å². The fourth-order valence-corrected chi connectivity index (χ4v) is 2.55. The fourth-order valence-electron chi connectivity index (χ4n) is 2.55. The molecule has 1 aromatic heterocycles. The van der Waals surface area contributed by atoms with Crippen LogP contribution in [0.3, 0.4) is 0 Å². The van der Waals surface area contributed by atoms with E-state index in [-0.39, 0.29) is 0 Å². The Morgan fingerprint density at radius 2 is 1.88 bits per heavy atom. The van der Waals surface area contributed by atoms with Gasteiger partial charge in [0.2, 0.25) is 0 Å². The summed E-state index contributed by atoms with van der Waals surface area (Å²) in [6, 6.07) is 20.3. The topological polar surface area (TPSA) is 49.3 Å². The van der Waals surface area contributed by atoms with Crippen LogP contribution in [0.25, 0.3) is 22.2 Å². The van der Waals surface area contributed by atoms with Crippen molar-refractivity contribution in [2.75, 3.05) is 11.9 Å². The molecule has 1 heterocycles. The highest BCUT2D eigenvalue weighted by molar-refractivity contribution is 5.94. The summed E-state index contributed by atoms with van der Waals surface area (Å²) in [4.78, 5) is 9.03. The van der Waals surface area contributed by atoms with E-state index in [0.717, 1.165) is 40.8 Å². The molecule has 0 aliphatic heterocycles. The molecule has 4 nitrogen and oxygen atoms in total. The number of benzene rings is 2. The highest BCUT2D eigenvalue weighted by Gasteiger charge is 2.07. The van der Waals surface area contributed by atoms with Crippen molar-refractivity contribution < 1.29 is 0 Å². The monoisotopic (exact) mass is 330 g/mol. The van der Waals surface area contributed by atoms with Crippen molar-refractivity contribution >= 4 is 22.9 Å². The minimum absolute atomic E-state index is 0.676. The number of anilines is 1. The van der Waals surface area contributed by atoms with Gasteiger partial charge in [-0.2, -0.15) is 0 Å². The number of aliphatic imine (C=N–C) groups is 1. The Bertz CT molecular complexity index is 885. The van der Waals surface area contributed by atoms with Gasteiger partial charge in [0.15, 0.2) is 0 Å². The summed E-state index contributed by atoms with van der Waals surface area (Å²) in [7, 11) is 0. The lowest BCUT2D eigenvalue weighted by atomic mass is 10.1. The zero-order valence-corrected chi connectivity index (χ0v) is 14.4. The molecule has 0 bridgehead atoms. The molecule has 0 saturated carbocycles. The minimum atomic E-state index is 0.676. The van der Waals surface area contributed by atoms with E-state index < -0.39 is 0 Å². The maximum absolute atomic E-state index is 4.78. The number of nitrogens with one attached hydrogen (secondary N) is 2. The van der Waals surface area contributed by atoms with Gasteiger partial charge in [-0.1, -0.05) is 62.0 Å². The third kappa shape index (κ3) is 4.23. The third-order valence-corrected chi connectivity index (χ3v) is 3.75. The maximum atomic E-state index is 4.78. The van der Waals surface area contributed by atoms with Gasteiger partial charge < -0.3 is 10.6 Å². The molecule has 0 atom stereocenters. The Morgan fingerprint density at radius 3 is 2.68 bits per heavy atom. The summed E-state index contributed by atoms with van der Waals surface area (Å²) >= 11 is 0. The van der Waals surface area contributed by atoms with Crippen LogP contribution in [-0.2, 0) is 0 Å². The van der Waals surface area contributed by atoms with Crippen LogP contribution in [0.1, 0.15) is 13.3 Å². The summed E-state index contributed by atoms with van der Waals surface area (Å²) in [6.45, 7) is 6.92. The van der Waals surface area contributed by atoms with Crippen LogP contribution in [0.5, 0.6) is 0 Å². The van der Waals surface area contributed by atoms with Gasteiger partial charge in [0.25, 0.3) is 0 Å². The van der Waals surface area contributed by atoms with Crippen molar-refractivity contribution in [2.24, 2.45) is 4.99 Å². The number of pyridine rings is 1. The van der Waals surface area contributed by atoms with Crippen LogP contribution in [0, 0.1) is 0 Å². The lowest BCUT2D eigenvalue weighted by Gasteiger charge is -2.13. The number of nitrogens with zero attached hydrogens (tertiary/aromatic N) is 2. The van der Waals surface area contributed by atoms with Crippen LogP contribution in [0.4, 0.5) is 5.69 Å². The first kappa shape index (κ1) is 16.7. The van der Waals surface area contributed by atoms with Gasteiger partial charge >= 0.3 is 0 Å². The molecule has 25 heavy (non-hydrogen) atoms. The van der Waals surface area contributed by atoms with E-state index in [9.17, 15) is 0 Å². The summed E-state index contributed by atoms with van der Waals surface area (Å²) in [5.41, 5.74) is 3.92. The first-order valence-corrected chi connectivity index (χ1v) is 8.44. The molecule has 0 spiro atoms. The van der Waals surface area contributed by atoms with Gasteiger partial charge in [0.1, 0.15) is 5.82 Å². The molecule has 0 amide bonds. The van der Waals surface area contributed by atoms with Crippen LogP contribution in [-0.4, -0.2) is 17.9 Å². The van der Waals surface area contributed by atoms with Crippen LogP contribution in [0.15, 0.2) is 78.1 Å². The smallest absolute Gasteiger partial charge is 0.101 e. The molecule has 0 aliphatic rings. The van der Waals surface area contributed by atoms with Gasteiger partial charge in [0.05, 0.1) is 23.2 Å². The van der Waals surface area contributed by atoms with Crippen molar-refractivity contribution in [1.82, 2.24) is 10.3 Å². The Labute approximate surface area is 148 Å².